The molecule has 1 N–H and O–H groups in total. The normalized spacial score (nSPS) is 19.9. The fourth-order valence-corrected chi connectivity index (χ4v) is 4.75. The molecule has 1 aliphatic carbocycles. The molecule has 6 nitrogen and oxygen atoms in total. The van der Waals surface area contributed by atoms with E-state index in [0.29, 0.717) is 24.3 Å². The first kappa shape index (κ1) is 24.3. The molecule has 2 aliphatic rings. The Morgan fingerprint density at radius 2 is 1.86 bits per heavy atom. The van der Waals surface area contributed by atoms with Crippen LogP contribution >= 0.6 is 0 Å². The molecule has 0 amide bonds. The molecule has 2 fully saturated rings. The number of ether oxygens (including phenoxy) is 3. The lowest BCUT2D eigenvalue weighted by atomic mass is 9.90. The van der Waals surface area contributed by atoms with E-state index in [1.165, 1.54) is 6.07 Å². The van der Waals surface area contributed by atoms with Crippen LogP contribution in [-0.2, 0) is 16.1 Å². The predicted molar refractivity (Wildman–Crippen MR) is 133 cm³/mol. The molecule has 1 aromatic heterocycles. The first-order valence-electron chi connectivity index (χ1n) is 12.1. The van der Waals surface area contributed by atoms with Crippen molar-refractivity contribution in [1.29, 1.82) is 0 Å². The lowest BCUT2D eigenvalue weighted by Gasteiger charge is -2.37. The van der Waals surface area contributed by atoms with Crippen molar-refractivity contribution >= 4 is 5.97 Å². The van der Waals surface area contributed by atoms with Gasteiger partial charge in [-0.2, -0.15) is 0 Å². The van der Waals surface area contributed by atoms with E-state index in [-0.39, 0.29) is 29.7 Å². The fraction of sp³-hybridized carbons (Fsp3) is 0.379. The van der Waals surface area contributed by atoms with Gasteiger partial charge in [-0.15, -0.1) is 0 Å². The number of aromatic nitrogens is 1. The Hall–Kier alpha value is -3.45. The van der Waals surface area contributed by atoms with Crippen LogP contribution in [0, 0.1) is 31.0 Å². The number of rotatable bonds is 9. The van der Waals surface area contributed by atoms with Gasteiger partial charge in [0.25, 0.3) is 0 Å². The predicted octanol–water partition coefficient (Wildman–Crippen LogP) is 5.69. The van der Waals surface area contributed by atoms with Gasteiger partial charge in [-0.3, -0.25) is 9.78 Å². The van der Waals surface area contributed by atoms with Gasteiger partial charge >= 0.3 is 5.97 Å². The molecule has 5 rings (SSSR count). The Balaban J connectivity index is 1.27. The number of benzene rings is 2. The molecule has 1 aliphatic heterocycles. The smallest absolute Gasteiger partial charge is 0.307 e. The maximum absolute atomic E-state index is 14.6. The summed E-state index contributed by atoms with van der Waals surface area (Å²) < 4.78 is 31.8. The summed E-state index contributed by atoms with van der Waals surface area (Å²) in [5, 5.41) is 9.09. The molecule has 1 saturated carbocycles. The van der Waals surface area contributed by atoms with Crippen molar-refractivity contribution < 1.29 is 28.5 Å². The Bertz CT molecular complexity index is 1260. The zero-order chi connectivity index (χ0) is 25.4. The van der Waals surface area contributed by atoms with Crippen LogP contribution in [0.4, 0.5) is 4.39 Å². The first-order chi connectivity index (χ1) is 17.2. The molecule has 3 aromatic rings. The van der Waals surface area contributed by atoms with Crippen LogP contribution in [0.15, 0.2) is 48.7 Å². The minimum Gasteiger partial charge on any atom is -0.493 e. The summed E-state index contributed by atoms with van der Waals surface area (Å²) in [5.41, 5.74) is 5.33. The molecule has 1 saturated heterocycles. The summed E-state index contributed by atoms with van der Waals surface area (Å²) in [7, 11) is 0. The number of hydrogen-bond acceptors (Lipinski definition) is 5. The van der Waals surface area contributed by atoms with Crippen molar-refractivity contribution in [3.63, 3.8) is 0 Å². The zero-order valence-corrected chi connectivity index (χ0v) is 20.7. The molecule has 2 aromatic carbocycles. The lowest BCUT2D eigenvalue weighted by Crippen LogP contribution is -2.44. The van der Waals surface area contributed by atoms with E-state index in [9.17, 15) is 9.18 Å². The van der Waals surface area contributed by atoms with Crippen LogP contribution in [0.25, 0.3) is 11.1 Å². The van der Waals surface area contributed by atoms with Gasteiger partial charge in [0.15, 0.2) is 0 Å². The number of carboxylic acids is 1. The van der Waals surface area contributed by atoms with E-state index < -0.39 is 5.97 Å². The van der Waals surface area contributed by atoms with E-state index in [1.54, 1.807) is 24.4 Å². The van der Waals surface area contributed by atoms with Crippen molar-refractivity contribution in [3.8, 4) is 22.6 Å². The maximum Gasteiger partial charge on any atom is 0.307 e. The van der Waals surface area contributed by atoms with Gasteiger partial charge in [0, 0.05) is 22.6 Å². The Kier molecular flexibility index (Phi) is 6.43. The number of carboxylic acid groups (broad SMARTS) is 1. The second kappa shape index (κ2) is 9.54. The van der Waals surface area contributed by atoms with Gasteiger partial charge in [0.05, 0.1) is 31.9 Å². The number of carbonyl (C=O) groups is 1. The third kappa shape index (κ3) is 5.07. The van der Waals surface area contributed by atoms with Crippen LogP contribution in [0.5, 0.6) is 11.5 Å². The van der Waals surface area contributed by atoms with Crippen LogP contribution in [0.3, 0.4) is 0 Å². The van der Waals surface area contributed by atoms with Crippen molar-refractivity contribution in [1.82, 2.24) is 4.98 Å². The topological polar surface area (TPSA) is 77.9 Å². The molecule has 7 heteroatoms. The molecule has 0 spiro atoms. The van der Waals surface area contributed by atoms with Crippen molar-refractivity contribution in [2.45, 2.75) is 39.7 Å². The van der Waals surface area contributed by atoms with E-state index in [0.717, 1.165) is 46.9 Å². The van der Waals surface area contributed by atoms with E-state index in [1.807, 2.05) is 32.0 Å². The Morgan fingerprint density at radius 1 is 1.11 bits per heavy atom. The van der Waals surface area contributed by atoms with Gasteiger partial charge in [-0.1, -0.05) is 13.0 Å². The minimum atomic E-state index is -0.789. The van der Waals surface area contributed by atoms with Crippen molar-refractivity contribution in [2.24, 2.45) is 11.3 Å². The SMILES string of the molecule is Cc1cc(OCC2(C)COC2)cc(C)c1-c1ccc(F)c(COc2ccc([C@@H]3C[C@H]3C(=O)O)nc2)c1. The fourth-order valence-electron chi connectivity index (χ4n) is 4.75. The molecule has 188 valence electrons. The second-order valence-electron chi connectivity index (χ2n) is 10.3. The Labute approximate surface area is 210 Å². The highest BCUT2D eigenvalue weighted by molar-refractivity contribution is 5.75. The molecular weight excluding hydrogens is 461 g/mol. The minimum absolute atomic E-state index is 0.0377. The second-order valence-corrected chi connectivity index (χ2v) is 10.3. The van der Waals surface area contributed by atoms with Crippen LogP contribution in [0.1, 0.15) is 41.6 Å². The maximum atomic E-state index is 14.6. The molecule has 0 radical (unpaired) electrons. The Morgan fingerprint density at radius 3 is 2.44 bits per heavy atom. The largest absolute Gasteiger partial charge is 0.493 e. The summed E-state index contributed by atoms with van der Waals surface area (Å²) >= 11 is 0. The summed E-state index contributed by atoms with van der Waals surface area (Å²) in [6.07, 6.45) is 2.18. The van der Waals surface area contributed by atoms with Crippen LogP contribution in [0.2, 0.25) is 0 Å². The number of halogens is 1. The summed E-state index contributed by atoms with van der Waals surface area (Å²) in [4.78, 5) is 15.4. The highest BCUT2D eigenvalue weighted by Gasteiger charge is 2.45. The third-order valence-electron chi connectivity index (χ3n) is 6.97. The molecule has 0 unspecified atom stereocenters. The molecule has 2 heterocycles. The third-order valence-corrected chi connectivity index (χ3v) is 6.97. The highest BCUT2D eigenvalue weighted by Crippen LogP contribution is 2.46. The molecule has 0 bridgehead atoms. The summed E-state index contributed by atoms with van der Waals surface area (Å²) in [6.45, 7) is 8.32. The molecule has 2 atom stereocenters. The van der Waals surface area contributed by atoms with Gasteiger partial charge < -0.3 is 19.3 Å². The van der Waals surface area contributed by atoms with E-state index in [2.05, 4.69) is 11.9 Å². The zero-order valence-electron chi connectivity index (χ0n) is 20.7. The van der Waals surface area contributed by atoms with Gasteiger partial charge in [0.1, 0.15) is 23.9 Å². The van der Waals surface area contributed by atoms with Gasteiger partial charge in [-0.25, -0.2) is 4.39 Å². The van der Waals surface area contributed by atoms with E-state index in [4.69, 9.17) is 19.3 Å². The summed E-state index contributed by atoms with van der Waals surface area (Å²) in [6, 6.07) is 12.7. The average Bonchev–Trinajstić information content (AvgIpc) is 3.63. The highest BCUT2D eigenvalue weighted by atomic mass is 19.1. The average molecular weight is 492 g/mol. The van der Waals surface area contributed by atoms with Gasteiger partial charge in [-0.05, 0) is 78.9 Å². The standard InChI is InChI=1S/C29H30FNO5/c1-17-8-22(36-16-29(3)14-34-15-29)9-18(2)27(17)19-4-6-25(30)20(10-19)13-35-21-5-7-26(31-12-21)23-11-24(23)28(32)33/h4-10,12,23-24H,11,13-16H2,1-3H3,(H,32,33)/t23-,24-/m1/s1. The lowest BCUT2D eigenvalue weighted by molar-refractivity contribution is -0.138. The van der Waals surface area contributed by atoms with Crippen molar-refractivity contribution in [2.75, 3.05) is 19.8 Å². The molecule has 36 heavy (non-hydrogen) atoms. The number of nitrogens with zero attached hydrogens (tertiary/aromatic N) is 1. The molecular formula is C29H30FNO5. The summed E-state index contributed by atoms with van der Waals surface area (Å²) in [5.74, 6) is -0.182. The van der Waals surface area contributed by atoms with E-state index >= 15 is 0 Å². The number of aryl methyl sites for hydroxylation is 2. The van der Waals surface area contributed by atoms with Gasteiger partial charge in [0.2, 0.25) is 0 Å². The quantitative estimate of drug-likeness (QED) is 0.415. The van der Waals surface area contributed by atoms with Crippen LogP contribution < -0.4 is 9.47 Å². The first-order valence-corrected chi connectivity index (χ1v) is 12.1. The number of hydrogen-bond donors (Lipinski definition) is 1. The van der Waals surface area contributed by atoms with Crippen molar-refractivity contribution in [3.05, 3.63) is 76.9 Å². The monoisotopic (exact) mass is 491 g/mol. The number of pyridine rings is 1. The number of aliphatic carboxylic acids is 1. The van der Waals surface area contributed by atoms with Crippen LogP contribution in [-0.4, -0.2) is 35.9 Å².